The summed E-state index contributed by atoms with van der Waals surface area (Å²) in [5.41, 5.74) is 2.64. The van der Waals surface area contributed by atoms with Crippen molar-refractivity contribution < 1.29 is 9.53 Å². The number of hydrogen-bond acceptors (Lipinski definition) is 4. The molecule has 0 radical (unpaired) electrons. The summed E-state index contributed by atoms with van der Waals surface area (Å²) in [5.74, 6) is 0.519. The van der Waals surface area contributed by atoms with Crippen molar-refractivity contribution in [2.45, 2.75) is 17.3 Å². The van der Waals surface area contributed by atoms with E-state index in [4.69, 9.17) is 4.74 Å². The number of amides is 1. The van der Waals surface area contributed by atoms with E-state index in [-0.39, 0.29) is 5.91 Å². The van der Waals surface area contributed by atoms with Gasteiger partial charge in [0, 0.05) is 19.4 Å². The Hall–Kier alpha value is -2.73. The molecular formula is C20H21N3O2S. The summed E-state index contributed by atoms with van der Waals surface area (Å²) in [6.07, 6.45) is 3.59. The molecule has 0 unspecified atom stereocenters. The minimum Gasteiger partial charge on any atom is -0.495 e. The number of rotatable bonds is 6. The maximum Gasteiger partial charge on any atom is 0.242 e. The number of hydrogen-bond donors (Lipinski definition) is 1. The Kier molecular flexibility index (Phi) is 5.63. The minimum absolute atomic E-state index is 0.118. The number of aryl methyl sites for hydroxylation is 2. The van der Waals surface area contributed by atoms with Gasteiger partial charge in [0.25, 0.3) is 0 Å². The number of benzene rings is 2. The molecule has 6 heteroatoms. The quantitative estimate of drug-likeness (QED) is 0.663. The van der Waals surface area contributed by atoms with Gasteiger partial charge in [0.1, 0.15) is 11.0 Å². The van der Waals surface area contributed by atoms with Crippen LogP contribution in [0.15, 0.2) is 66.1 Å². The summed E-state index contributed by atoms with van der Waals surface area (Å²) < 4.78 is 7.28. The second kappa shape index (κ2) is 8.10. The number of thioether (sulfide) groups is 1. The number of ether oxygens (including phenoxy) is 1. The van der Waals surface area contributed by atoms with E-state index in [9.17, 15) is 4.79 Å². The Morgan fingerprint density at radius 2 is 2.00 bits per heavy atom. The molecule has 1 aromatic heterocycles. The zero-order valence-corrected chi connectivity index (χ0v) is 15.8. The number of carbonyl (C=O) groups is 1. The molecule has 0 aliphatic carbocycles. The van der Waals surface area contributed by atoms with Crippen LogP contribution in [-0.2, 0) is 11.8 Å². The van der Waals surface area contributed by atoms with Crippen LogP contribution < -0.4 is 10.1 Å². The van der Waals surface area contributed by atoms with E-state index >= 15 is 0 Å². The second-order valence-corrected chi connectivity index (χ2v) is 6.99. The summed E-state index contributed by atoms with van der Waals surface area (Å²) in [6, 6.07) is 15.4. The van der Waals surface area contributed by atoms with Crippen molar-refractivity contribution in [2.24, 2.45) is 7.05 Å². The van der Waals surface area contributed by atoms with Crippen molar-refractivity contribution in [3.63, 3.8) is 0 Å². The van der Waals surface area contributed by atoms with Gasteiger partial charge in [-0.1, -0.05) is 48.2 Å². The van der Waals surface area contributed by atoms with Crippen LogP contribution in [0.4, 0.5) is 5.69 Å². The number of nitrogens with one attached hydrogen (secondary N) is 1. The van der Waals surface area contributed by atoms with Gasteiger partial charge >= 0.3 is 0 Å². The monoisotopic (exact) mass is 367 g/mol. The molecule has 1 amide bonds. The molecule has 0 spiro atoms. The first kappa shape index (κ1) is 18.1. The van der Waals surface area contributed by atoms with Gasteiger partial charge in [0.05, 0.1) is 12.8 Å². The smallest absolute Gasteiger partial charge is 0.242 e. The van der Waals surface area contributed by atoms with Gasteiger partial charge in [-0.3, -0.25) is 4.79 Å². The van der Waals surface area contributed by atoms with Gasteiger partial charge < -0.3 is 14.6 Å². The summed E-state index contributed by atoms with van der Waals surface area (Å²) in [5, 5.41) is 3.37. The molecule has 0 aliphatic rings. The Labute approximate surface area is 157 Å². The third-order valence-electron chi connectivity index (χ3n) is 3.95. The normalized spacial score (nSPS) is 11.8. The molecule has 26 heavy (non-hydrogen) atoms. The first-order chi connectivity index (χ1) is 12.6. The molecule has 0 saturated carbocycles. The van der Waals surface area contributed by atoms with Crippen LogP contribution in [-0.4, -0.2) is 22.6 Å². The van der Waals surface area contributed by atoms with Gasteiger partial charge in [-0.05, 0) is 30.2 Å². The van der Waals surface area contributed by atoms with E-state index in [0.29, 0.717) is 11.4 Å². The molecule has 5 nitrogen and oxygen atoms in total. The molecule has 134 valence electrons. The average molecular weight is 367 g/mol. The Morgan fingerprint density at radius 1 is 1.23 bits per heavy atom. The number of carbonyl (C=O) groups excluding carboxylic acids is 1. The fourth-order valence-corrected chi connectivity index (χ4v) is 3.61. The summed E-state index contributed by atoms with van der Waals surface area (Å²) in [6.45, 7) is 1.98. The van der Waals surface area contributed by atoms with Crippen LogP contribution in [0.5, 0.6) is 5.75 Å². The van der Waals surface area contributed by atoms with Crippen molar-refractivity contribution >= 4 is 23.4 Å². The van der Waals surface area contributed by atoms with E-state index < -0.39 is 5.25 Å². The van der Waals surface area contributed by atoms with E-state index in [1.165, 1.54) is 11.8 Å². The van der Waals surface area contributed by atoms with Crippen molar-refractivity contribution in [1.29, 1.82) is 0 Å². The van der Waals surface area contributed by atoms with Crippen molar-refractivity contribution in [1.82, 2.24) is 9.55 Å². The van der Waals surface area contributed by atoms with E-state index in [0.717, 1.165) is 16.3 Å². The Morgan fingerprint density at radius 3 is 2.65 bits per heavy atom. The highest BCUT2D eigenvalue weighted by Gasteiger charge is 2.24. The standard InChI is InChI=1S/C20H21N3O2S/c1-14-9-10-17(25-3)16(13-14)22-19(24)18(15-7-5-4-6-8-15)26-20-21-11-12-23(20)2/h4-13,18H,1-3H3,(H,22,24)/t18-/m1/s1. The zero-order chi connectivity index (χ0) is 18.5. The highest BCUT2D eigenvalue weighted by Crippen LogP contribution is 2.36. The number of nitrogens with zero attached hydrogens (tertiary/aromatic N) is 2. The molecule has 0 fully saturated rings. The predicted molar refractivity (Wildman–Crippen MR) is 105 cm³/mol. The summed E-state index contributed by atoms with van der Waals surface area (Å²) in [7, 11) is 3.51. The van der Waals surface area contributed by atoms with Gasteiger partial charge in [0.2, 0.25) is 5.91 Å². The topological polar surface area (TPSA) is 56.1 Å². The fourth-order valence-electron chi connectivity index (χ4n) is 2.59. The molecule has 1 atom stereocenters. The number of aromatic nitrogens is 2. The fraction of sp³-hybridized carbons (Fsp3) is 0.200. The van der Waals surface area contributed by atoms with Gasteiger partial charge in [0.15, 0.2) is 5.16 Å². The van der Waals surface area contributed by atoms with Crippen LogP contribution in [0.3, 0.4) is 0 Å². The maximum absolute atomic E-state index is 13.1. The van der Waals surface area contributed by atoms with Gasteiger partial charge in [-0.25, -0.2) is 4.98 Å². The average Bonchev–Trinajstić information content (AvgIpc) is 3.05. The molecule has 3 aromatic rings. The molecule has 1 heterocycles. The SMILES string of the molecule is COc1ccc(C)cc1NC(=O)[C@H](Sc1nccn1C)c1ccccc1. The second-order valence-electron chi connectivity index (χ2n) is 5.92. The van der Waals surface area contributed by atoms with Crippen molar-refractivity contribution in [3.8, 4) is 5.75 Å². The number of anilines is 1. The van der Waals surface area contributed by atoms with Gasteiger partial charge in [-0.2, -0.15) is 0 Å². The molecule has 1 N–H and O–H groups in total. The third-order valence-corrected chi connectivity index (χ3v) is 5.28. The molecule has 3 rings (SSSR count). The molecule has 2 aromatic carbocycles. The van der Waals surface area contributed by atoms with Crippen LogP contribution in [0.25, 0.3) is 0 Å². The number of methoxy groups -OCH3 is 1. The maximum atomic E-state index is 13.1. The molecule has 0 saturated heterocycles. The van der Waals surface area contributed by atoms with Gasteiger partial charge in [-0.15, -0.1) is 0 Å². The van der Waals surface area contributed by atoms with E-state index in [1.807, 2.05) is 73.3 Å². The lowest BCUT2D eigenvalue weighted by Gasteiger charge is -2.18. The van der Waals surface area contributed by atoms with Crippen molar-refractivity contribution in [3.05, 3.63) is 72.1 Å². The highest BCUT2D eigenvalue weighted by atomic mass is 32.2. The molecule has 0 aliphatic heterocycles. The molecule has 0 bridgehead atoms. The Bertz CT molecular complexity index is 893. The minimum atomic E-state index is -0.428. The largest absolute Gasteiger partial charge is 0.495 e. The van der Waals surface area contributed by atoms with E-state index in [1.54, 1.807) is 13.3 Å². The lowest BCUT2D eigenvalue weighted by atomic mass is 10.1. The summed E-state index contributed by atoms with van der Waals surface area (Å²) >= 11 is 1.42. The third kappa shape index (κ3) is 4.08. The first-order valence-electron chi connectivity index (χ1n) is 8.23. The van der Waals surface area contributed by atoms with Crippen LogP contribution in [0.1, 0.15) is 16.4 Å². The van der Waals surface area contributed by atoms with E-state index in [2.05, 4.69) is 10.3 Å². The zero-order valence-electron chi connectivity index (χ0n) is 15.0. The predicted octanol–water partition coefficient (Wildman–Crippen LogP) is 4.21. The lowest BCUT2D eigenvalue weighted by Crippen LogP contribution is -2.20. The van der Waals surface area contributed by atoms with Crippen molar-refractivity contribution in [2.75, 3.05) is 12.4 Å². The first-order valence-corrected chi connectivity index (χ1v) is 9.11. The summed E-state index contributed by atoms with van der Waals surface area (Å²) in [4.78, 5) is 17.4. The lowest BCUT2D eigenvalue weighted by molar-refractivity contribution is -0.115. The van der Waals surface area contributed by atoms with Crippen LogP contribution in [0, 0.1) is 6.92 Å². The highest BCUT2D eigenvalue weighted by molar-refractivity contribution is 8.00. The van der Waals surface area contributed by atoms with Crippen LogP contribution in [0.2, 0.25) is 0 Å². The number of imidazole rings is 1. The van der Waals surface area contributed by atoms with Crippen LogP contribution >= 0.6 is 11.8 Å². The Balaban J connectivity index is 1.90. The molecular weight excluding hydrogens is 346 g/mol.